The Morgan fingerprint density at radius 3 is 2.50 bits per heavy atom. The lowest BCUT2D eigenvalue weighted by atomic mass is 10.2. The molecule has 8 heteroatoms. The number of nitrogens with one attached hydrogen (secondary N) is 2. The second-order valence-electron chi connectivity index (χ2n) is 5.33. The summed E-state index contributed by atoms with van der Waals surface area (Å²) in [5.74, 6) is 0.309. The zero-order chi connectivity index (χ0) is 19.0. The van der Waals surface area contributed by atoms with Gasteiger partial charge in [-0.15, -0.1) is 0 Å². The monoisotopic (exact) mass is 378 g/mol. The molecular weight excluding hydrogens is 356 g/mol. The molecule has 0 bridgehead atoms. The number of anilines is 1. The molecule has 2 aromatic rings. The topological polar surface area (TPSA) is 93.7 Å². The Morgan fingerprint density at radius 2 is 1.85 bits per heavy atom. The first-order valence-corrected chi connectivity index (χ1v) is 9.57. The number of ether oxygens (including phenoxy) is 2. The van der Waals surface area contributed by atoms with Crippen molar-refractivity contribution in [3.8, 4) is 5.75 Å². The number of hydrogen-bond acceptors (Lipinski definition) is 5. The average molecular weight is 378 g/mol. The fourth-order valence-electron chi connectivity index (χ4n) is 2.17. The summed E-state index contributed by atoms with van der Waals surface area (Å²) in [6.07, 6.45) is 0. The van der Waals surface area contributed by atoms with Gasteiger partial charge in [0.05, 0.1) is 18.1 Å². The van der Waals surface area contributed by atoms with E-state index in [1.165, 1.54) is 25.3 Å². The van der Waals surface area contributed by atoms with Crippen LogP contribution in [0.25, 0.3) is 0 Å². The predicted molar refractivity (Wildman–Crippen MR) is 99.1 cm³/mol. The normalized spacial score (nSPS) is 11.2. The van der Waals surface area contributed by atoms with Crippen molar-refractivity contribution in [2.24, 2.45) is 0 Å². The van der Waals surface area contributed by atoms with Crippen LogP contribution in [0.1, 0.15) is 17.3 Å². The van der Waals surface area contributed by atoms with Crippen molar-refractivity contribution in [3.05, 3.63) is 54.1 Å². The molecule has 2 N–H and O–H groups in total. The highest BCUT2D eigenvalue weighted by Gasteiger charge is 2.16. The summed E-state index contributed by atoms with van der Waals surface area (Å²) in [7, 11) is -2.21. The molecule has 0 fully saturated rings. The number of methoxy groups -OCH3 is 1. The van der Waals surface area contributed by atoms with Gasteiger partial charge in [0.1, 0.15) is 5.75 Å². The van der Waals surface area contributed by atoms with Gasteiger partial charge in [-0.25, -0.2) is 13.1 Å². The summed E-state index contributed by atoms with van der Waals surface area (Å²) in [5, 5.41) is 2.73. The smallest absolute Gasteiger partial charge is 0.255 e. The second-order valence-corrected chi connectivity index (χ2v) is 7.10. The van der Waals surface area contributed by atoms with E-state index in [9.17, 15) is 13.2 Å². The van der Waals surface area contributed by atoms with Gasteiger partial charge in [0.15, 0.2) is 0 Å². The van der Waals surface area contributed by atoms with E-state index < -0.39 is 15.9 Å². The molecule has 140 valence electrons. The average Bonchev–Trinajstić information content (AvgIpc) is 2.64. The molecule has 0 unspecified atom stereocenters. The third-order valence-corrected chi connectivity index (χ3v) is 4.89. The van der Waals surface area contributed by atoms with Crippen molar-refractivity contribution in [1.29, 1.82) is 0 Å². The van der Waals surface area contributed by atoms with Crippen molar-refractivity contribution >= 4 is 21.6 Å². The number of hydrogen-bond donors (Lipinski definition) is 2. The SMILES string of the molecule is CCOc1ccc(NC(=O)c2cccc(S(=O)(=O)NCCOC)c2)cc1. The third kappa shape index (κ3) is 5.55. The van der Waals surface area contributed by atoms with Crippen molar-refractivity contribution in [3.63, 3.8) is 0 Å². The van der Waals surface area contributed by atoms with E-state index in [2.05, 4.69) is 10.0 Å². The lowest BCUT2D eigenvalue weighted by Crippen LogP contribution is -2.27. The Hall–Kier alpha value is -2.42. The van der Waals surface area contributed by atoms with E-state index in [4.69, 9.17) is 9.47 Å². The second kappa shape index (κ2) is 9.33. The van der Waals surface area contributed by atoms with Crippen LogP contribution in [0.5, 0.6) is 5.75 Å². The molecule has 0 aromatic heterocycles. The Labute approximate surface area is 153 Å². The van der Waals surface area contributed by atoms with Crippen LogP contribution in [0, 0.1) is 0 Å². The maximum absolute atomic E-state index is 12.4. The lowest BCUT2D eigenvalue weighted by Gasteiger charge is -2.09. The fraction of sp³-hybridized carbons (Fsp3) is 0.278. The Bertz CT molecular complexity index is 835. The van der Waals surface area contributed by atoms with Gasteiger partial charge >= 0.3 is 0 Å². The highest BCUT2D eigenvalue weighted by molar-refractivity contribution is 7.89. The molecule has 0 aliphatic rings. The molecule has 0 atom stereocenters. The van der Waals surface area contributed by atoms with Gasteiger partial charge in [-0.05, 0) is 49.4 Å². The lowest BCUT2D eigenvalue weighted by molar-refractivity contribution is 0.102. The van der Waals surface area contributed by atoms with Crippen molar-refractivity contribution in [1.82, 2.24) is 4.72 Å². The van der Waals surface area contributed by atoms with E-state index in [1.54, 1.807) is 30.3 Å². The quantitative estimate of drug-likeness (QED) is 0.653. The molecule has 0 saturated carbocycles. The highest BCUT2D eigenvalue weighted by Crippen LogP contribution is 2.17. The van der Waals surface area contributed by atoms with Gasteiger partial charge < -0.3 is 14.8 Å². The molecule has 0 aliphatic carbocycles. The van der Waals surface area contributed by atoms with E-state index in [1.807, 2.05) is 6.92 Å². The third-order valence-electron chi connectivity index (χ3n) is 3.43. The van der Waals surface area contributed by atoms with Gasteiger partial charge in [0, 0.05) is 24.9 Å². The fourth-order valence-corrected chi connectivity index (χ4v) is 3.23. The maximum Gasteiger partial charge on any atom is 0.255 e. The first-order chi connectivity index (χ1) is 12.5. The zero-order valence-corrected chi connectivity index (χ0v) is 15.5. The summed E-state index contributed by atoms with van der Waals surface area (Å²) >= 11 is 0. The number of sulfonamides is 1. The largest absolute Gasteiger partial charge is 0.494 e. The number of rotatable bonds is 9. The van der Waals surface area contributed by atoms with E-state index >= 15 is 0 Å². The summed E-state index contributed by atoms with van der Waals surface area (Å²) in [6, 6.07) is 12.8. The Morgan fingerprint density at radius 1 is 1.12 bits per heavy atom. The van der Waals surface area contributed by atoms with Crippen molar-refractivity contribution < 1.29 is 22.7 Å². The van der Waals surface area contributed by atoms with Crippen LogP contribution in [-0.4, -0.2) is 41.2 Å². The van der Waals surface area contributed by atoms with E-state index in [-0.39, 0.29) is 23.6 Å². The molecule has 0 aliphatic heterocycles. The van der Waals surface area contributed by atoms with E-state index in [0.717, 1.165) is 0 Å². The molecule has 26 heavy (non-hydrogen) atoms. The van der Waals surface area contributed by atoms with Crippen LogP contribution in [0.4, 0.5) is 5.69 Å². The number of carbonyl (C=O) groups excluding carboxylic acids is 1. The molecule has 0 radical (unpaired) electrons. The Balaban J connectivity index is 2.09. The van der Waals surface area contributed by atoms with Gasteiger partial charge in [-0.2, -0.15) is 0 Å². The highest BCUT2D eigenvalue weighted by atomic mass is 32.2. The number of amides is 1. The van der Waals surface area contributed by atoms with Gasteiger partial charge in [0.2, 0.25) is 10.0 Å². The molecule has 0 heterocycles. The van der Waals surface area contributed by atoms with E-state index in [0.29, 0.717) is 18.0 Å². The van der Waals surface area contributed by atoms with Crippen LogP contribution in [-0.2, 0) is 14.8 Å². The summed E-state index contributed by atoms with van der Waals surface area (Å²) in [4.78, 5) is 12.4. The van der Waals surface area contributed by atoms with Crippen molar-refractivity contribution in [2.75, 3.05) is 32.2 Å². The van der Waals surface area contributed by atoms with Gasteiger partial charge in [-0.3, -0.25) is 4.79 Å². The predicted octanol–water partition coefficient (Wildman–Crippen LogP) is 2.26. The zero-order valence-electron chi connectivity index (χ0n) is 14.7. The summed E-state index contributed by atoms with van der Waals surface area (Å²) in [6.45, 7) is 2.87. The minimum Gasteiger partial charge on any atom is -0.494 e. The number of carbonyl (C=O) groups is 1. The minimum absolute atomic E-state index is 0.0212. The molecule has 0 spiro atoms. The van der Waals surface area contributed by atoms with Crippen molar-refractivity contribution in [2.45, 2.75) is 11.8 Å². The molecule has 2 aromatic carbocycles. The summed E-state index contributed by atoms with van der Waals surface area (Å²) in [5.41, 5.74) is 0.832. The van der Waals surface area contributed by atoms with Crippen LogP contribution in [0.2, 0.25) is 0 Å². The van der Waals surface area contributed by atoms with Crippen LogP contribution >= 0.6 is 0 Å². The first kappa shape index (κ1) is 19.9. The number of benzene rings is 2. The molecule has 1 amide bonds. The summed E-state index contributed by atoms with van der Waals surface area (Å²) < 4.78 is 37.0. The van der Waals surface area contributed by atoms with Crippen LogP contribution in [0.15, 0.2) is 53.4 Å². The standard InChI is InChI=1S/C18H22N2O5S/c1-3-25-16-9-7-15(8-10-16)20-18(21)14-5-4-6-17(13-14)26(22,23)19-11-12-24-2/h4-10,13,19H,3,11-12H2,1-2H3,(H,20,21). The first-order valence-electron chi connectivity index (χ1n) is 8.09. The molecule has 2 rings (SSSR count). The minimum atomic E-state index is -3.70. The molecular formula is C18H22N2O5S. The molecule has 7 nitrogen and oxygen atoms in total. The van der Waals surface area contributed by atoms with Gasteiger partial charge in [-0.1, -0.05) is 6.07 Å². The molecule has 0 saturated heterocycles. The van der Waals surface area contributed by atoms with Crippen LogP contribution in [0.3, 0.4) is 0 Å². The maximum atomic E-state index is 12.4. The van der Waals surface area contributed by atoms with Gasteiger partial charge in [0.25, 0.3) is 5.91 Å². The van der Waals surface area contributed by atoms with Crippen LogP contribution < -0.4 is 14.8 Å². The Kier molecular flexibility index (Phi) is 7.14.